The number of pyridine rings is 2. The van der Waals surface area contributed by atoms with E-state index in [9.17, 15) is 19.1 Å². The van der Waals surface area contributed by atoms with Crippen LogP contribution in [0.15, 0.2) is 54.9 Å². The molecule has 10 heterocycles. The summed E-state index contributed by atoms with van der Waals surface area (Å²) in [4.78, 5) is 61.4. The lowest BCUT2D eigenvalue weighted by Gasteiger charge is -2.57. The number of rotatable bonds is 5. The van der Waals surface area contributed by atoms with Gasteiger partial charge >= 0.3 is 0 Å². The molecule has 6 aliphatic rings. The molecule has 6 bridgehead atoms. The fourth-order valence-corrected chi connectivity index (χ4v) is 9.82. The smallest absolute Gasteiger partial charge is 0.245 e. The number of likely N-dealkylation sites (N-methyl/N-ethyl adjacent to an activating group) is 1. The number of amides is 2. The molecule has 1 aliphatic carbocycles. The first-order valence-electron chi connectivity index (χ1n) is 20.6. The second-order valence-corrected chi connectivity index (χ2v) is 16.7. The minimum Gasteiger partial charge on any atom is -0.506 e. The summed E-state index contributed by atoms with van der Waals surface area (Å²) in [6.45, 7) is 3.62. The van der Waals surface area contributed by atoms with E-state index in [-0.39, 0.29) is 41.4 Å². The maximum Gasteiger partial charge on any atom is 0.245 e. The first-order chi connectivity index (χ1) is 29.1. The van der Waals surface area contributed by atoms with Gasteiger partial charge in [0.05, 0.1) is 47.0 Å². The number of ether oxygens (including phenoxy) is 1. The van der Waals surface area contributed by atoms with Crippen molar-refractivity contribution >= 4 is 51.5 Å². The Morgan fingerprint density at radius 1 is 0.917 bits per heavy atom. The van der Waals surface area contributed by atoms with Crippen molar-refractivity contribution in [2.75, 3.05) is 48.9 Å². The summed E-state index contributed by atoms with van der Waals surface area (Å²) in [6, 6.07) is 10.4. The molecule has 0 radical (unpaired) electrons. The Morgan fingerprint density at radius 3 is 2.57 bits per heavy atom. The predicted molar refractivity (Wildman–Crippen MR) is 219 cm³/mol. The van der Waals surface area contributed by atoms with Crippen molar-refractivity contribution < 1.29 is 23.8 Å². The zero-order valence-electron chi connectivity index (χ0n) is 33.4. The van der Waals surface area contributed by atoms with Gasteiger partial charge in [-0.25, -0.2) is 19.0 Å². The third-order valence-corrected chi connectivity index (χ3v) is 13.1. The average Bonchev–Trinajstić information content (AvgIpc) is 3.91. The van der Waals surface area contributed by atoms with Crippen LogP contribution in [0, 0.1) is 12.7 Å². The van der Waals surface area contributed by atoms with Gasteiger partial charge in [0.2, 0.25) is 17.8 Å². The number of phenolic OH excluding ortho intramolecular Hbond substituents is 1. The normalized spacial score (nSPS) is 24.4. The second kappa shape index (κ2) is 13.8. The highest BCUT2D eigenvalue weighted by Gasteiger charge is 2.54. The number of piperidine rings is 1. The van der Waals surface area contributed by atoms with E-state index < -0.39 is 24.0 Å². The van der Waals surface area contributed by atoms with Gasteiger partial charge in [0, 0.05) is 58.1 Å². The lowest BCUT2D eigenvalue weighted by molar-refractivity contribution is -0.145. The Labute approximate surface area is 343 Å². The molecule has 18 heteroatoms. The highest BCUT2D eigenvalue weighted by Crippen LogP contribution is 2.42. The molecule has 5 aromatic heterocycles. The van der Waals surface area contributed by atoms with Crippen molar-refractivity contribution in [2.24, 2.45) is 0 Å². The van der Waals surface area contributed by atoms with E-state index in [4.69, 9.17) is 29.7 Å². The van der Waals surface area contributed by atoms with Gasteiger partial charge in [-0.1, -0.05) is 6.07 Å². The van der Waals surface area contributed by atoms with Gasteiger partial charge in [0.25, 0.3) is 0 Å². The molecule has 4 saturated heterocycles. The Hall–Kier alpha value is -6.43. The zero-order valence-corrected chi connectivity index (χ0v) is 33.4. The van der Waals surface area contributed by atoms with Crippen LogP contribution in [0.25, 0.3) is 39.1 Å². The summed E-state index contributed by atoms with van der Waals surface area (Å²) < 4.78 is 23.8. The quantitative estimate of drug-likeness (QED) is 0.258. The molecule has 1 aromatic carbocycles. The summed E-state index contributed by atoms with van der Waals surface area (Å²) in [5.41, 5.74) is 3.60. The minimum atomic E-state index is -0.681. The van der Waals surface area contributed by atoms with Gasteiger partial charge in [-0.15, -0.1) is 0 Å². The number of hydrogen-bond acceptors (Lipinski definition) is 13. The number of aromatic nitrogens is 8. The summed E-state index contributed by atoms with van der Waals surface area (Å²) in [6.07, 6.45) is 7.26. The Balaban J connectivity index is 1.03. The van der Waals surface area contributed by atoms with Crippen LogP contribution in [-0.2, 0) is 20.9 Å². The topological polar surface area (TPSA) is 176 Å². The second-order valence-electron chi connectivity index (χ2n) is 16.7. The van der Waals surface area contributed by atoms with Crippen molar-refractivity contribution in [1.82, 2.24) is 49.1 Å². The van der Waals surface area contributed by atoms with Gasteiger partial charge in [0.1, 0.15) is 52.5 Å². The number of carbonyl (C=O) groups excluding carboxylic acids is 2. The van der Waals surface area contributed by atoms with E-state index in [1.54, 1.807) is 31.5 Å². The van der Waals surface area contributed by atoms with Crippen LogP contribution in [0.5, 0.6) is 5.75 Å². The maximum absolute atomic E-state index is 14.9. The number of aryl methyl sites for hydroxylation is 1. The molecular weight excluding hydrogens is 770 g/mol. The molecule has 308 valence electrons. The number of piperazine rings is 1. The van der Waals surface area contributed by atoms with E-state index >= 15 is 0 Å². The molecule has 5 aliphatic heterocycles. The number of fused-ring (bicyclic) bond motifs is 8. The Morgan fingerprint density at radius 2 is 1.78 bits per heavy atom. The van der Waals surface area contributed by atoms with E-state index in [1.165, 1.54) is 16.8 Å². The van der Waals surface area contributed by atoms with E-state index in [0.717, 1.165) is 42.2 Å². The van der Waals surface area contributed by atoms with Gasteiger partial charge in [-0.05, 0) is 69.4 Å². The molecule has 0 spiro atoms. The van der Waals surface area contributed by atoms with Crippen molar-refractivity contribution in [3.8, 4) is 22.8 Å². The van der Waals surface area contributed by atoms with Crippen LogP contribution in [-0.4, -0.2) is 136 Å². The largest absolute Gasteiger partial charge is 0.506 e. The van der Waals surface area contributed by atoms with E-state index in [1.807, 2.05) is 45.9 Å². The number of anilines is 3. The van der Waals surface area contributed by atoms with Crippen LogP contribution in [0.2, 0.25) is 0 Å². The Kier molecular flexibility index (Phi) is 8.44. The molecule has 60 heavy (non-hydrogen) atoms. The van der Waals surface area contributed by atoms with Crippen molar-refractivity contribution in [3.63, 3.8) is 0 Å². The van der Waals surface area contributed by atoms with Crippen LogP contribution in [0.1, 0.15) is 37.9 Å². The van der Waals surface area contributed by atoms with Crippen molar-refractivity contribution in [2.45, 2.75) is 81.9 Å². The van der Waals surface area contributed by atoms with Crippen molar-refractivity contribution in [1.29, 1.82) is 0 Å². The zero-order chi connectivity index (χ0) is 41.0. The highest BCUT2D eigenvalue weighted by atomic mass is 19.1. The summed E-state index contributed by atoms with van der Waals surface area (Å²) in [7, 11) is 3.44. The Bertz CT molecular complexity index is 2720. The summed E-state index contributed by atoms with van der Waals surface area (Å²) >= 11 is 0. The number of carbonyl (C=O) groups is 2. The van der Waals surface area contributed by atoms with Crippen molar-refractivity contribution in [3.05, 3.63) is 66.5 Å². The number of methoxy groups -OCH3 is 1. The first-order valence-corrected chi connectivity index (χ1v) is 20.6. The molecule has 5 fully saturated rings. The molecule has 2 amide bonds. The lowest BCUT2D eigenvalue weighted by atomic mass is 9.82. The number of nitrogens with one attached hydrogen (secondary N) is 1. The molecule has 17 nitrogen and oxygen atoms in total. The summed E-state index contributed by atoms with van der Waals surface area (Å²) in [5.74, 6) is 1.27. The fraction of sp³-hybridized carbons (Fsp3) is 0.429. The molecule has 1 saturated carbocycles. The van der Waals surface area contributed by atoms with Crippen LogP contribution < -0.4 is 15.1 Å². The average molecular weight is 814 g/mol. The molecule has 5 atom stereocenters. The molecule has 0 unspecified atom stereocenters. The SMILES string of the molecule is CO[C@H]1CN(C)C(=O)[C@@H]2C[C@@H](CN2c2nc(N3[C@H]4C[C@@H]3C(=O)N(C3CCC3)C4)nc3c2cnn3-c2ccc(F)cc2O)Nc2cccc(n2)-c2nccc3nc(C)n(c23)C1. The molecule has 12 rings (SSSR count). The maximum atomic E-state index is 14.9. The van der Waals surface area contributed by atoms with Crippen LogP contribution in [0.4, 0.5) is 22.0 Å². The number of benzene rings is 1. The predicted octanol–water partition coefficient (Wildman–Crippen LogP) is 3.66. The molecule has 6 aromatic rings. The lowest BCUT2D eigenvalue weighted by Crippen LogP contribution is -2.73. The van der Waals surface area contributed by atoms with Gasteiger partial charge in [0.15, 0.2) is 5.65 Å². The summed E-state index contributed by atoms with van der Waals surface area (Å²) in [5, 5.41) is 19.7. The molecule has 2 N–H and O–H groups in total. The number of aromatic hydroxyl groups is 1. The number of imidazole rings is 1. The third-order valence-electron chi connectivity index (χ3n) is 13.1. The number of nitrogens with zero attached hydrogens (tertiary/aromatic N) is 12. The first kappa shape index (κ1) is 36.6. The van der Waals surface area contributed by atoms with Gasteiger partial charge in [-0.3, -0.25) is 14.6 Å². The monoisotopic (exact) mass is 813 g/mol. The number of halogens is 1. The van der Waals surface area contributed by atoms with Gasteiger partial charge < -0.3 is 39.3 Å². The third kappa shape index (κ3) is 5.74. The van der Waals surface area contributed by atoms with Gasteiger partial charge in [-0.2, -0.15) is 15.1 Å². The minimum absolute atomic E-state index is 0.0219. The number of phenols is 1. The standard InChI is InChI=1S/C42H44FN13O4/c1-22-46-30-12-13-44-36-29-8-5-9-35(48-29)47-24-15-32(40(58)51(2)20-27(60-3)21-52(22)37(30)36)54(18-24)38-28-17-45-56(31-11-10-23(43)14-34(31)57)39(28)50-42(49-38)55-26-16-33(55)41(59)53(19-26)25-6-4-7-25/h5,8-14,17,24-27,32-33,57H,4,6-7,15-16,18-21H2,1-3H3,(H,47,48)/t24-,26-,27-,32-,33+/m0/s1. The van der Waals surface area contributed by atoms with E-state index in [2.05, 4.69) is 15.0 Å². The van der Waals surface area contributed by atoms with Crippen LogP contribution >= 0.6 is 0 Å². The van der Waals surface area contributed by atoms with Crippen LogP contribution in [0.3, 0.4) is 0 Å². The molecular formula is C42H44FN13O4. The number of hydrogen-bond donors (Lipinski definition) is 2. The highest BCUT2D eigenvalue weighted by molar-refractivity contribution is 5.95. The van der Waals surface area contributed by atoms with E-state index in [0.29, 0.717) is 79.0 Å². The fourth-order valence-electron chi connectivity index (χ4n) is 9.82.